The molecule has 0 radical (unpaired) electrons. The van der Waals surface area contributed by atoms with Crippen molar-refractivity contribution >= 4 is 38.5 Å². The van der Waals surface area contributed by atoms with Gasteiger partial charge in [-0.2, -0.15) is 13.2 Å². The average Bonchev–Trinajstić information content (AvgIpc) is 3.20. The van der Waals surface area contributed by atoms with Crippen molar-refractivity contribution in [1.82, 2.24) is 14.9 Å². The lowest BCUT2D eigenvalue weighted by atomic mass is 10.1. The van der Waals surface area contributed by atoms with Crippen LogP contribution in [0, 0.1) is 0 Å². The first-order chi connectivity index (χ1) is 16.2. The number of hydrogen-bond acceptors (Lipinski definition) is 7. The second kappa shape index (κ2) is 9.72. The number of pyridine rings is 1. The maximum absolute atomic E-state index is 13.8. The van der Waals surface area contributed by atoms with E-state index in [-0.39, 0.29) is 49.5 Å². The minimum atomic E-state index is -4.65. The molecular weight excluding hydrogens is 471 g/mol. The number of piperazine rings is 1. The fourth-order valence-electron chi connectivity index (χ4n) is 3.95. The van der Waals surface area contributed by atoms with E-state index in [9.17, 15) is 23.1 Å². The maximum atomic E-state index is 13.8. The summed E-state index contributed by atoms with van der Waals surface area (Å²) in [5.74, 6) is -0.215. The van der Waals surface area contributed by atoms with Crippen LogP contribution in [0.3, 0.4) is 0 Å². The Balaban J connectivity index is 1.47. The number of alkyl halides is 3. The number of aromatic nitrogens is 2. The predicted molar refractivity (Wildman–Crippen MR) is 123 cm³/mol. The Bertz CT molecular complexity index is 1140. The molecule has 1 aromatic carbocycles. The van der Waals surface area contributed by atoms with Gasteiger partial charge < -0.3 is 20.0 Å². The van der Waals surface area contributed by atoms with Crippen molar-refractivity contribution in [3.8, 4) is 0 Å². The van der Waals surface area contributed by atoms with E-state index < -0.39 is 24.5 Å². The number of halogens is 3. The summed E-state index contributed by atoms with van der Waals surface area (Å²) in [6, 6.07) is 7.73. The molecule has 2 amide bonds. The Kier molecular flexibility index (Phi) is 6.91. The van der Waals surface area contributed by atoms with Gasteiger partial charge in [0.15, 0.2) is 5.13 Å². The summed E-state index contributed by atoms with van der Waals surface area (Å²) in [5, 5.41) is 21.8. The van der Waals surface area contributed by atoms with E-state index in [1.54, 1.807) is 11.8 Å². The van der Waals surface area contributed by atoms with Crippen LogP contribution in [-0.4, -0.2) is 69.5 Å². The number of rotatable bonds is 5. The summed E-state index contributed by atoms with van der Waals surface area (Å²) >= 11 is 1.35. The molecule has 2 aromatic heterocycles. The van der Waals surface area contributed by atoms with Gasteiger partial charge in [-0.3, -0.25) is 5.32 Å². The molecule has 1 fully saturated rings. The number of aliphatic hydroxyl groups is 2. The smallest absolute Gasteiger partial charge is 0.394 e. The van der Waals surface area contributed by atoms with Gasteiger partial charge in [0.2, 0.25) is 0 Å². The van der Waals surface area contributed by atoms with Gasteiger partial charge in [-0.05, 0) is 30.7 Å². The lowest BCUT2D eigenvalue weighted by Gasteiger charge is -2.40. The molecule has 1 saturated heterocycles. The van der Waals surface area contributed by atoms with E-state index in [1.165, 1.54) is 22.4 Å². The normalized spacial score (nSPS) is 17.8. The molecule has 1 aliphatic rings. The van der Waals surface area contributed by atoms with Crippen LogP contribution >= 0.6 is 11.3 Å². The highest BCUT2D eigenvalue weighted by molar-refractivity contribution is 7.22. The molecule has 0 aliphatic carbocycles. The summed E-state index contributed by atoms with van der Waals surface area (Å²) in [5.41, 5.74) is 0.0515. The fourth-order valence-corrected chi connectivity index (χ4v) is 4.81. The van der Waals surface area contributed by atoms with E-state index in [0.29, 0.717) is 5.13 Å². The first kappa shape index (κ1) is 24.2. The van der Waals surface area contributed by atoms with Crippen LogP contribution in [0.25, 0.3) is 10.2 Å². The zero-order valence-corrected chi connectivity index (χ0v) is 19.1. The van der Waals surface area contributed by atoms with Gasteiger partial charge in [-0.15, -0.1) is 0 Å². The minimum absolute atomic E-state index is 0.136. The molecule has 0 spiro atoms. The Hall–Kier alpha value is -2.96. The number of benzene rings is 1. The molecule has 8 nitrogen and oxygen atoms in total. The summed E-state index contributed by atoms with van der Waals surface area (Å²) in [6.07, 6.45) is -4.66. The molecule has 2 unspecified atom stereocenters. The summed E-state index contributed by atoms with van der Waals surface area (Å²) in [7, 11) is 0. The van der Waals surface area contributed by atoms with Gasteiger partial charge in [0.1, 0.15) is 5.82 Å². The second-order valence-electron chi connectivity index (χ2n) is 8.16. The number of aliphatic hydroxyl groups excluding tert-OH is 2. The Morgan fingerprint density at radius 1 is 1.32 bits per heavy atom. The second-order valence-corrected chi connectivity index (χ2v) is 9.19. The van der Waals surface area contributed by atoms with Crippen LogP contribution in [0.1, 0.15) is 18.1 Å². The molecule has 182 valence electrons. The predicted octanol–water partition coefficient (Wildman–Crippen LogP) is 3.35. The molecule has 0 saturated carbocycles. The topological polar surface area (TPSA) is 102 Å². The molecule has 12 heteroatoms. The van der Waals surface area contributed by atoms with Crippen LogP contribution in [0.2, 0.25) is 0 Å². The van der Waals surface area contributed by atoms with Gasteiger partial charge in [-0.1, -0.05) is 23.5 Å². The third-order valence-corrected chi connectivity index (χ3v) is 6.56. The third-order valence-electron chi connectivity index (χ3n) is 5.61. The molecule has 1 aliphatic heterocycles. The molecule has 34 heavy (non-hydrogen) atoms. The van der Waals surface area contributed by atoms with E-state index in [4.69, 9.17) is 5.11 Å². The largest absolute Gasteiger partial charge is 0.419 e. The number of carbonyl (C=O) groups excluding carboxylic acids is 1. The summed E-state index contributed by atoms with van der Waals surface area (Å²) < 4.78 is 42.3. The minimum Gasteiger partial charge on any atom is -0.394 e. The standard InChI is InChI=1S/C22H24F3N5O3S/c1-13-11-29(19-16(22(23,24)25)9-14(10-26-19)8-15(32)12-31)6-7-30(13)21(33)28-20-27-17-4-2-3-5-18(17)34-20/h2-5,9-10,13,15,31-32H,6-8,11-12H2,1H3,(H,27,28,33). The highest BCUT2D eigenvalue weighted by Gasteiger charge is 2.38. The zero-order chi connectivity index (χ0) is 24.5. The number of anilines is 2. The van der Waals surface area contributed by atoms with Crippen molar-refractivity contribution in [2.45, 2.75) is 31.7 Å². The molecule has 2 atom stereocenters. The third kappa shape index (κ3) is 5.24. The first-order valence-electron chi connectivity index (χ1n) is 10.7. The monoisotopic (exact) mass is 495 g/mol. The zero-order valence-electron chi connectivity index (χ0n) is 18.3. The van der Waals surface area contributed by atoms with Gasteiger partial charge in [0, 0.05) is 38.3 Å². The molecule has 3 aromatic rings. The Labute approximate surface area is 197 Å². The quantitative estimate of drug-likeness (QED) is 0.502. The fraction of sp³-hybridized carbons (Fsp3) is 0.409. The SMILES string of the molecule is CC1CN(c2ncc(CC(O)CO)cc2C(F)(F)F)CCN1C(=O)Nc1nc2ccccc2s1. The number of amides is 2. The van der Waals surface area contributed by atoms with Gasteiger partial charge in [0.05, 0.1) is 28.5 Å². The highest BCUT2D eigenvalue weighted by Crippen LogP contribution is 2.37. The summed E-state index contributed by atoms with van der Waals surface area (Å²) in [4.78, 5) is 24.3. The number of fused-ring (bicyclic) bond motifs is 1. The van der Waals surface area contributed by atoms with Crippen molar-refractivity contribution in [3.05, 3.63) is 47.7 Å². The van der Waals surface area contributed by atoms with Gasteiger partial charge in [-0.25, -0.2) is 14.8 Å². The highest BCUT2D eigenvalue weighted by atomic mass is 32.1. The van der Waals surface area contributed by atoms with E-state index in [2.05, 4.69) is 15.3 Å². The molecule has 3 N–H and O–H groups in total. The summed E-state index contributed by atoms with van der Waals surface area (Å²) in [6.45, 7) is 1.76. The maximum Gasteiger partial charge on any atom is 0.419 e. The van der Waals surface area contributed by atoms with E-state index >= 15 is 0 Å². The van der Waals surface area contributed by atoms with Crippen molar-refractivity contribution < 1.29 is 28.2 Å². The lowest BCUT2D eigenvalue weighted by Crippen LogP contribution is -2.55. The van der Waals surface area contributed by atoms with Crippen molar-refractivity contribution in [3.63, 3.8) is 0 Å². The first-order valence-corrected chi connectivity index (χ1v) is 11.5. The van der Waals surface area contributed by atoms with Crippen molar-refractivity contribution in [1.29, 1.82) is 0 Å². The van der Waals surface area contributed by atoms with Crippen LogP contribution in [0.4, 0.5) is 28.9 Å². The van der Waals surface area contributed by atoms with Crippen LogP contribution < -0.4 is 10.2 Å². The number of hydrogen-bond donors (Lipinski definition) is 3. The van der Waals surface area contributed by atoms with Crippen LogP contribution in [0.5, 0.6) is 0 Å². The van der Waals surface area contributed by atoms with Crippen LogP contribution in [0.15, 0.2) is 36.5 Å². The molecule has 4 rings (SSSR count). The van der Waals surface area contributed by atoms with Gasteiger partial charge >= 0.3 is 12.2 Å². The molecular formula is C22H24F3N5O3S. The lowest BCUT2D eigenvalue weighted by molar-refractivity contribution is -0.137. The van der Waals surface area contributed by atoms with Crippen molar-refractivity contribution in [2.75, 3.05) is 36.5 Å². The number of para-hydroxylation sites is 1. The van der Waals surface area contributed by atoms with E-state index in [1.807, 2.05) is 24.3 Å². The number of nitrogens with one attached hydrogen (secondary N) is 1. The Morgan fingerprint density at radius 2 is 2.09 bits per heavy atom. The van der Waals surface area contributed by atoms with Gasteiger partial charge in [0.25, 0.3) is 0 Å². The van der Waals surface area contributed by atoms with E-state index in [0.717, 1.165) is 16.3 Å². The number of urea groups is 1. The number of carbonyl (C=O) groups is 1. The number of nitrogens with zero attached hydrogens (tertiary/aromatic N) is 4. The average molecular weight is 496 g/mol. The van der Waals surface area contributed by atoms with Crippen molar-refractivity contribution in [2.24, 2.45) is 0 Å². The Morgan fingerprint density at radius 3 is 2.76 bits per heavy atom. The van der Waals surface area contributed by atoms with Crippen LogP contribution in [-0.2, 0) is 12.6 Å². The molecule has 3 heterocycles. The molecule has 0 bridgehead atoms. The number of thiazole rings is 1.